The molecule has 74 valence electrons. The van der Waals surface area contributed by atoms with Crippen LogP contribution in [-0.4, -0.2) is 34.4 Å². The Morgan fingerprint density at radius 3 is 2.23 bits per heavy atom. The molecule has 0 radical (unpaired) electrons. The zero-order chi connectivity index (χ0) is 10.1. The van der Waals surface area contributed by atoms with E-state index in [1.165, 1.54) is 0 Å². The molecule has 1 saturated carbocycles. The van der Waals surface area contributed by atoms with Gasteiger partial charge in [-0.3, -0.25) is 4.85 Å². The summed E-state index contributed by atoms with van der Waals surface area (Å²) in [6.45, 7) is 13.7. The molecule has 0 aromatic carbocycles. The summed E-state index contributed by atoms with van der Waals surface area (Å²) >= 11 is 0. The molecule has 0 amide bonds. The second-order valence-electron chi connectivity index (χ2n) is 4.19. The van der Waals surface area contributed by atoms with Crippen molar-refractivity contribution in [2.75, 3.05) is 6.54 Å². The fourth-order valence-electron chi connectivity index (χ4n) is 1.72. The predicted octanol–water partition coefficient (Wildman–Crippen LogP) is 1.49. The Morgan fingerprint density at radius 2 is 2.00 bits per heavy atom. The van der Waals surface area contributed by atoms with Crippen molar-refractivity contribution in [3.8, 4) is 0 Å². The molecule has 1 rings (SSSR count). The van der Waals surface area contributed by atoms with E-state index in [2.05, 4.69) is 23.6 Å². The average Bonchev–Trinajstić information content (AvgIpc) is 2.80. The minimum absolute atomic E-state index is 0.273. The Morgan fingerprint density at radius 1 is 1.46 bits per heavy atom. The maximum absolute atomic E-state index is 9.31. The summed E-state index contributed by atoms with van der Waals surface area (Å²) in [5, 5.41) is 9.31. The molecule has 1 aliphatic rings. The quantitative estimate of drug-likeness (QED) is 0.667. The number of aliphatic hydroxyl groups is 1. The van der Waals surface area contributed by atoms with Crippen LogP contribution in [0.4, 0.5) is 0 Å². The lowest BCUT2D eigenvalue weighted by Crippen LogP contribution is -2.44. The molecule has 0 aliphatic heterocycles. The fraction of sp³-hybridized carbons (Fsp3) is 0.900. The van der Waals surface area contributed by atoms with Crippen LogP contribution in [0.2, 0.25) is 0 Å². The maximum atomic E-state index is 9.31. The molecule has 1 unspecified atom stereocenters. The minimum atomic E-state index is -0.346. The van der Waals surface area contributed by atoms with Gasteiger partial charge in [0.2, 0.25) is 0 Å². The van der Waals surface area contributed by atoms with Crippen LogP contribution in [-0.2, 0) is 0 Å². The summed E-state index contributed by atoms with van der Waals surface area (Å²) in [6, 6.07) is 0.339. The molecule has 0 saturated heterocycles. The maximum Gasteiger partial charge on any atom is 0.289 e. The van der Waals surface area contributed by atoms with Crippen LogP contribution >= 0.6 is 0 Å². The van der Waals surface area contributed by atoms with Crippen LogP contribution < -0.4 is 0 Å². The lowest BCUT2D eigenvalue weighted by molar-refractivity contribution is 0.0802. The molecule has 0 heterocycles. The van der Waals surface area contributed by atoms with Gasteiger partial charge in [0.25, 0.3) is 5.66 Å². The van der Waals surface area contributed by atoms with Gasteiger partial charge in [0.15, 0.2) is 0 Å². The summed E-state index contributed by atoms with van der Waals surface area (Å²) in [4.78, 5) is 5.79. The van der Waals surface area contributed by atoms with E-state index in [9.17, 15) is 5.11 Å². The standard InChI is InChI=1S/C10H18N2O/c1-8(2)12(7-9(3)13)10(11-4)5-6-10/h8-9,13H,5-7H2,1-3H3. The molecule has 1 aliphatic carbocycles. The van der Waals surface area contributed by atoms with E-state index in [1.807, 2.05) is 0 Å². The molecule has 0 aromatic rings. The Labute approximate surface area is 80.2 Å². The summed E-state index contributed by atoms with van der Waals surface area (Å²) in [5.74, 6) is 0. The summed E-state index contributed by atoms with van der Waals surface area (Å²) in [6.07, 6.45) is 1.57. The molecule has 0 spiro atoms. The van der Waals surface area contributed by atoms with Crippen molar-refractivity contribution >= 4 is 0 Å². The molecule has 3 heteroatoms. The first-order chi connectivity index (χ1) is 6.02. The Balaban J connectivity index is 2.64. The Bertz CT molecular complexity index is 213. The highest BCUT2D eigenvalue weighted by molar-refractivity contribution is 5.11. The van der Waals surface area contributed by atoms with Gasteiger partial charge in [-0.05, 0) is 20.8 Å². The highest BCUT2D eigenvalue weighted by Crippen LogP contribution is 2.44. The van der Waals surface area contributed by atoms with Crippen molar-refractivity contribution in [3.63, 3.8) is 0 Å². The zero-order valence-electron chi connectivity index (χ0n) is 8.62. The van der Waals surface area contributed by atoms with Crippen LogP contribution in [0.5, 0.6) is 0 Å². The first-order valence-corrected chi connectivity index (χ1v) is 4.85. The normalized spacial score (nSPS) is 21.6. The minimum Gasteiger partial charge on any atom is -0.392 e. The summed E-state index contributed by atoms with van der Waals surface area (Å²) < 4.78 is 0. The van der Waals surface area contributed by atoms with E-state index in [0.717, 1.165) is 12.8 Å². The molecule has 0 aromatic heterocycles. The van der Waals surface area contributed by atoms with Crippen LogP contribution in [0.3, 0.4) is 0 Å². The third-order valence-electron chi connectivity index (χ3n) is 2.52. The number of nitrogens with zero attached hydrogens (tertiary/aromatic N) is 2. The van der Waals surface area contributed by atoms with Crippen LogP contribution in [0.15, 0.2) is 0 Å². The lowest BCUT2D eigenvalue weighted by atomic mass is 10.2. The van der Waals surface area contributed by atoms with Crippen molar-refractivity contribution < 1.29 is 5.11 Å². The molecule has 0 bridgehead atoms. The van der Waals surface area contributed by atoms with Gasteiger partial charge in [-0.1, -0.05) is 0 Å². The molecular weight excluding hydrogens is 164 g/mol. The van der Waals surface area contributed by atoms with Gasteiger partial charge in [-0.25, -0.2) is 11.5 Å². The summed E-state index contributed by atoms with van der Waals surface area (Å²) in [5.41, 5.74) is -0.273. The van der Waals surface area contributed by atoms with E-state index in [1.54, 1.807) is 6.92 Å². The van der Waals surface area contributed by atoms with Crippen LogP contribution in [0, 0.1) is 6.57 Å². The van der Waals surface area contributed by atoms with Crippen molar-refractivity contribution in [2.24, 2.45) is 0 Å². The Kier molecular flexibility index (Phi) is 2.94. The molecule has 1 fully saturated rings. The zero-order valence-corrected chi connectivity index (χ0v) is 8.62. The number of hydrogen-bond donors (Lipinski definition) is 1. The van der Waals surface area contributed by atoms with Crippen molar-refractivity contribution in [3.05, 3.63) is 11.4 Å². The lowest BCUT2D eigenvalue weighted by Gasteiger charge is -2.28. The van der Waals surface area contributed by atoms with Gasteiger partial charge < -0.3 is 5.11 Å². The SMILES string of the molecule is [C-]#[N+]C1(N(CC(C)O)C(C)C)CC1. The summed E-state index contributed by atoms with van der Waals surface area (Å²) in [7, 11) is 0. The third-order valence-corrected chi connectivity index (χ3v) is 2.52. The van der Waals surface area contributed by atoms with E-state index in [4.69, 9.17) is 6.57 Å². The van der Waals surface area contributed by atoms with Crippen LogP contribution in [0.1, 0.15) is 33.6 Å². The molecule has 1 N–H and O–H groups in total. The van der Waals surface area contributed by atoms with Gasteiger partial charge in [0.1, 0.15) is 0 Å². The first-order valence-electron chi connectivity index (χ1n) is 4.85. The Hall–Kier alpha value is -0.590. The van der Waals surface area contributed by atoms with Gasteiger partial charge >= 0.3 is 0 Å². The monoisotopic (exact) mass is 182 g/mol. The van der Waals surface area contributed by atoms with E-state index < -0.39 is 0 Å². The second kappa shape index (κ2) is 3.65. The highest BCUT2D eigenvalue weighted by atomic mass is 16.3. The number of rotatable bonds is 4. The first kappa shape index (κ1) is 10.5. The van der Waals surface area contributed by atoms with Crippen molar-refractivity contribution in [2.45, 2.75) is 51.4 Å². The number of aliphatic hydroxyl groups excluding tert-OH is 1. The van der Waals surface area contributed by atoms with Gasteiger partial charge in [-0.2, -0.15) is 0 Å². The van der Waals surface area contributed by atoms with Crippen LogP contribution in [0.25, 0.3) is 4.85 Å². The van der Waals surface area contributed by atoms with E-state index in [-0.39, 0.29) is 11.8 Å². The topological polar surface area (TPSA) is 27.8 Å². The van der Waals surface area contributed by atoms with Crippen molar-refractivity contribution in [1.82, 2.24) is 4.90 Å². The predicted molar refractivity (Wildman–Crippen MR) is 52.1 cm³/mol. The molecule has 3 nitrogen and oxygen atoms in total. The van der Waals surface area contributed by atoms with Gasteiger partial charge in [0, 0.05) is 12.6 Å². The second-order valence-corrected chi connectivity index (χ2v) is 4.19. The highest BCUT2D eigenvalue weighted by Gasteiger charge is 2.57. The van der Waals surface area contributed by atoms with E-state index in [0.29, 0.717) is 12.6 Å². The molecule has 1 atom stereocenters. The fourth-order valence-corrected chi connectivity index (χ4v) is 1.72. The largest absolute Gasteiger partial charge is 0.392 e. The van der Waals surface area contributed by atoms with Gasteiger partial charge in [-0.15, -0.1) is 0 Å². The number of hydrogen-bond acceptors (Lipinski definition) is 2. The molecule has 13 heavy (non-hydrogen) atoms. The third kappa shape index (κ3) is 2.20. The smallest absolute Gasteiger partial charge is 0.289 e. The van der Waals surface area contributed by atoms with E-state index >= 15 is 0 Å². The molecular formula is C10H18N2O. The van der Waals surface area contributed by atoms with Crippen molar-refractivity contribution in [1.29, 1.82) is 0 Å². The van der Waals surface area contributed by atoms with Gasteiger partial charge in [0.05, 0.1) is 18.9 Å². The average molecular weight is 182 g/mol.